The summed E-state index contributed by atoms with van der Waals surface area (Å²) in [5.74, 6) is 0.423. The Morgan fingerprint density at radius 2 is 1.61 bits per heavy atom. The molecule has 1 atom stereocenters. The average Bonchev–Trinajstić information content (AvgIpc) is 2.83. The zero-order valence-electron chi connectivity index (χ0n) is 18.6. The molecule has 0 spiro atoms. The predicted octanol–water partition coefficient (Wildman–Crippen LogP) is 6.23. The first kappa shape index (κ1) is 24.7. The van der Waals surface area contributed by atoms with Gasteiger partial charge >= 0.3 is 0 Å². The predicted molar refractivity (Wildman–Crippen MR) is 137 cm³/mol. The first-order valence-corrected chi connectivity index (χ1v) is 12.0. The number of hydrogen-bond donors (Lipinski definition) is 2. The number of benzene rings is 3. The molecule has 8 heteroatoms. The second-order valence-electron chi connectivity index (χ2n) is 7.00. The third-order valence-corrected chi connectivity index (χ3v) is 6.87. The molecule has 0 radical (unpaired) electrons. The van der Waals surface area contributed by atoms with Gasteiger partial charge in [-0.3, -0.25) is 9.59 Å². The molecular weight excluding hydrogens is 504 g/mol. The van der Waals surface area contributed by atoms with Gasteiger partial charge in [0.25, 0.3) is 5.91 Å². The lowest BCUT2D eigenvalue weighted by molar-refractivity contribution is -0.115. The number of halogens is 1. The van der Waals surface area contributed by atoms with E-state index >= 15 is 0 Å². The number of para-hydroxylation sites is 1. The summed E-state index contributed by atoms with van der Waals surface area (Å²) in [5, 5.41) is 5.57. The molecule has 3 aromatic carbocycles. The zero-order chi connectivity index (χ0) is 23.8. The molecule has 0 aliphatic rings. The van der Waals surface area contributed by atoms with Crippen molar-refractivity contribution >= 4 is 50.9 Å². The highest BCUT2D eigenvalue weighted by molar-refractivity contribution is 9.10. The van der Waals surface area contributed by atoms with Crippen molar-refractivity contribution in [3.8, 4) is 11.5 Å². The quantitative estimate of drug-likeness (QED) is 0.322. The van der Waals surface area contributed by atoms with E-state index in [0.717, 1.165) is 15.1 Å². The maximum Gasteiger partial charge on any atom is 0.263 e. The largest absolute Gasteiger partial charge is 0.496 e. The number of nitrogens with one attached hydrogen (secondary N) is 2. The highest BCUT2D eigenvalue weighted by Crippen LogP contribution is 2.32. The van der Waals surface area contributed by atoms with Crippen molar-refractivity contribution < 1.29 is 19.1 Å². The highest BCUT2D eigenvalue weighted by Gasteiger charge is 2.21. The zero-order valence-corrected chi connectivity index (χ0v) is 21.0. The lowest BCUT2D eigenvalue weighted by Crippen LogP contribution is -2.24. The summed E-state index contributed by atoms with van der Waals surface area (Å²) in [7, 11) is 3.01. The Labute approximate surface area is 206 Å². The van der Waals surface area contributed by atoms with Gasteiger partial charge in [0.15, 0.2) is 0 Å². The van der Waals surface area contributed by atoms with Gasteiger partial charge in [-0.2, -0.15) is 0 Å². The molecule has 0 saturated heterocycles. The highest BCUT2D eigenvalue weighted by atomic mass is 79.9. The molecule has 2 N–H and O–H groups in total. The minimum absolute atomic E-state index is 0.0809. The van der Waals surface area contributed by atoms with Crippen molar-refractivity contribution in [1.29, 1.82) is 0 Å². The number of anilines is 2. The maximum atomic E-state index is 13.0. The van der Waals surface area contributed by atoms with Crippen LogP contribution in [-0.4, -0.2) is 31.3 Å². The van der Waals surface area contributed by atoms with Crippen molar-refractivity contribution in [3.63, 3.8) is 0 Å². The molecule has 3 rings (SSSR count). The molecule has 0 saturated carbocycles. The summed E-state index contributed by atoms with van der Waals surface area (Å²) in [5.41, 5.74) is 1.66. The fourth-order valence-electron chi connectivity index (χ4n) is 3.18. The van der Waals surface area contributed by atoms with Crippen molar-refractivity contribution in [2.45, 2.75) is 23.5 Å². The molecule has 0 fully saturated rings. The van der Waals surface area contributed by atoms with E-state index in [2.05, 4.69) is 26.6 Å². The van der Waals surface area contributed by atoms with E-state index < -0.39 is 0 Å². The monoisotopic (exact) mass is 528 g/mol. The van der Waals surface area contributed by atoms with Crippen molar-refractivity contribution in [2.24, 2.45) is 0 Å². The molecule has 1 unspecified atom stereocenters. The van der Waals surface area contributed by atoms with E-state index in [-0.39, 0.29) is 17.1 Å². The Bertz CT molecular complexity index is 1120. The van der Waals surface area contributed by atoms with E-state index in [1.165, 1.54) is 26.0 Å². The number of carbonyl (C=O) groups is 2. The van der Waals surface area contributed by atoms with Crippen LogP contribution in [0.25, 0.3) is 0 Å². The van der Waals surface area contributed by atoms with Gasteiger partial charge in [-0.25, -0.2) is 0 Å². The van der Waals surface area contributed by atoms with Crippen LogP contribution in [0.2, 0.25) is 0 Å². The van der Waals surface area contributed by atoms with Crippen LogP contribution in [0.4, 0.5) is 11.4 Å². The topological polar surface area (TPSA) is 76.7 Å². The second-order valence-corrected chi connectivity index (χ2v) is 9.13. The van der Waals surface area contributed by atoms with Crippen LogP contribution in [0.15, 0.2) is 76.1 Å². The van der Waals surface area contributed by atoms with Crippen LogP contribution in [0.1, 0.15) is 23.7 Å². The van der Waals surface area contributed by atoms with Crippen LogP contribution in [0, 0.1) is 0 Å². The maximum absolute atomic E-state index is 13.0. The number of hydrogen-bond acceptors (Lipinski definition) is 5. The number of rotatable bonds is 9. The van der Waals surface area contributed by atoms with E-state index in [1.54, 1.807) is 24.3 Å². The van der Waals surface area contributed by atoms with Crippen molar-refractivity contribution in [1.82, 2.24) is 0 Å². The summed E-state index contributed by atoms with van der Waals surface area (Å²) < 4.78 is 11.5. The molecule has 172 valence electrons. The third-order valence-electron chi connectivity index (χ3n) is 4.82. The fourth-order valence-corrected chi connectivity index (χ4v) is 4.58. The number of carbonyl (C=O) groups excluding carboxylic acids is 2. The van der Waals surface area contributed by atoms with E-state index in [4.69, 9.17) is 9.47 Å². The summed E-state index contributed by atoms with van der Waals surface area (Å²) in [6.45, 7) is 1.97. The molecular formula is C25H25BrN2O4S. The molecule has 0 bridgehead atoms. The molecule has 33 heavy (non-hydrogen) atoms. The fraction of sp³-hybridized carbons (Fsp3) is 0.200. The summed E-state index contributed by atoms with van der Waals surface area (Å²) in [6.07, 6.45) is 0.649. The minimum atomic E-state index is -0.342. The first-order chi connectivity index (χ1) is 16.0. The van der Waals surface area contributed by atoms with Gasteiger partial charge in [0.2, 0.25) is 5.91 Å². The van der Waals surface area contributed by atoms with Crippen molar-refractivity contribution in [2.75, 3.05) is 24.9 Å². The molecule has 0 heterocycles. The van der Waals surface area contributed by atoms with Gasteiger partial charge in [0, 0.05) is 15.1 Å². The molecule has 3 aromatic rings. The van der Waals surface area contributed by atoms with Gasteiger partial charge in [0.1, 0.15) is 17.1 Å². The number of amides is 2. The van der Waals surface area contributed by atoms with Gasteiger partial charge in [-0.15, -0.1) is 11.8 Å². The molecule has 6 nitrogen and oxygen atoms in total. The summed E-state index contributed by atoms with van der Waals surface area (Å²) >= 11 is 4.90. The smallest absolute Gasteiger partial charge is 0.263 e. The number of ether oxygens (including phenoxy) is 2. The van der Waals surface area contributed by atoms with E-state index in [1.807, 2.05) is 49.4 Å². The van der Waals surface area contributed by atoms with Crippen LogP contribution in [0.5, 0.6) is 11.5 Å². The normalized spacial score (nSPS) is 11.4. The minimum Gasteiger partial charge on any atom is -0.496 e. The lowest BCUT2D eigenvalue weighted by Gasteiger charge is -2.16. The summed E-state index contributed by atoms with van der Waals surface area (Å²) in [4.78, 5) is 26.7. The van der Waals surface area contributed by atoms with Crippen LogP contribution in [0.3, 0.4) is 0 Å². The lowest BCUT2D eigenvalue weighted by atomic mass is 10.1. The van der Waals surface area contributed by atoms with Crippen LogP contribution >= 0.6 is 27.7 Å². The number of methoxy groups -OCH3 is 2. The molecule has 0 aliphatic carbocycles. The SMILES string of the molecule is CCC(Sc1cccc(NC(=O)c2c(OC)cccc2OC)c1)C(=O)Nc1ccccc1Br. The Morgan fingerprint density at radius 3 is 2.24 bits per heavy atom. The summed E-state index contributed by atoms with van der Waals surface area (Å²) in [6, 6.07) is 20.1. The Balaban J connectivity index is 1.73. The first-order valence-electron chi connectivity index (χ1n) is 10.3. The van der Waals surface area contributed by atoms with Gasteiger partial charge < -0.3 is 20.1 Å². The Morgan fingerprint density at radius 1 is 0.939 bits per heavy atom. The second kappa shape index (κ2) is 11.8. The molecule has 0 aliphatic heterocycles. The average molecular weight is 529 g/mol. The van der Waals surface area contributed by atoms with Gasteiger partial charge in [-0.1, -0.05) is 31.2 Å². The Kier molecular flexibility index (Phi) is 8.79. The molecule has 2 amide bonds. The van der Waals surface area contributed by atoms with E-state index in [9.17, 15) is 9.59 Å². The Hall–Kier alpha value is -2.97. The van der Waals surface area contributed by atoms with Gasteiger partial charge in [0.05, 0.1) is 25.2 Å². The van der Waals surface area contributed by atoms with E-state index in [0.29, 0.717) is 29.2 Å². The standard InChI is InChI=1S/C25H25BrN2O4S/c1-4-22(24(29)28-19-12-6-5-11-18(19)26)33-17-10-7-9-16(15-17)27-25(30)23-20(31-2)13-8-14-21(23)32-3/h5-15,22H,4H2,1-3H3,(H,27,30)(H,28,29). The van der Waals surface area contributed by atoms with Crippen molar-refractivity contribution in [3.05, 3.63) is 76.8 Å². The third kappa shape index (κ3) is 6.30. The molecule has 0 aromatic heterocycles. The van der Waals surface area contributed by atoms with Crippen LogP contribution in [-0.2, 0) is 4.79 Å². The van der Waals surface area contributed by atoms with Crippen LogP contribution < -0.4 is 20.1 Å². The number of thioether (sulfide) groups is 1. The van der Waals surface area contributed by atoms with Gasteiger partial charge in [-0.05, 0) is 64.8 Å².